The molecule has 0 fully saturated rings. The number of hydrogen-bond acceptors (Lipinski definition) is 5. The predicted molar refractivity (Wildman–Crippen MR) is 64.0 cm³/mol. The summed E-state index contributed by atoms with van der Waals surface area (Å²) in [4.78, 5) is 10.9. The first kappa shape index (κ1) is 20.7. The Labute approximate surface area is 98.1 Å². The lowest BCUT2D eigenvalue weighted by atomic mass is 10.3. The average molecular weight is 238 g/mol. The number of aliphatic hydroxyl groups excluding tert-OH is 1. The van der Waals surface area contributed by atoms with E-state index in [9.17, 15) is 9.90 Å². The van der Waals surface area contributed by atoms with Crippen molar-refractivity contribution in [2.45, 2.75) is 33.6 Å². The lowest BCUT2D eigenvalue weighted by molar-refractivity contribution is -0.132. The minimum absolute atomic E-state index is 0. The van der Waals surface area contributed by atoms with Crippen LogP contribution in [0.1, 0.15) is 21.3 Å². The molecular weight excluding hydrogens is 212 g/mol. The highest BCUT2D eigenvalue weighted by Crippen LogP contribution is 1.94. The summed E-state index contributed by atoms with van der Waals surface area (Å²) < 4.78 is 9.41. The molecule has 4 N–H and O–H groups in total. The second kappa shape index (κ2) is 14.3. The third-order valence-corrected chi connectivity index (χ3v) is 1.46. The molecule has 0 aliphatic rings. The zero-order chi connectivity index (χ0) is 12.3. The number of ether oxygens (including phenoxy) is 2. The van der Waals surface area contributed by atoms with Crippen LogP contribution in [0.2, 0.25) is 0 Å². The lowest BCUT2D eigenvalue weighted by Crippen LogP contribution is -2.48. The van der Waals surface area contributed by atoms with E-state index < -0.39 is 12.3 Å². The summed E-state index contributed by atoms with van der Waals surface area (Å²) in [6.07, 6.45) is -1.09. The topological polar surface area (TPSA) is 93.8 Å². The second-order valence-corrected chi connectivity index (χ2v) is 2.46. The molecule has 0 saturated heterocycles. The van der Waals surface area contributed by atoms with Crippen molar-refractivity contribution in [1.82, 2.24) is 5.32 Å². The first-order valence-electron chi connectivity index (χ1n) is 4.85. The van der Waals surface area contributed by atoms with Crippen LogP contribution in [0.25, 0.3) is 0 Å². The summed E-state index contributed by atoms with van der Waals surface area (Å²) in [6, 6.07) is -0.592. The maximum atomic E-state index is 10.9. The molecule has 0 rings (SSSR count). The van der Waals surface area contributed by atoms with E-state index in [2.05, 4.69) is 10.1 Å². The molecule has 0 bridgehead atoms. The van der Waals surface area contributed by atoms with E-state index in [-0.39, 0.29) is 26.5 Å². The van der Waals surface area contributed by atoms with Gasteiger partial charge in [0.2, 0.25) is 5.91 Å². The fourth-order valence-corrected chi connectivity index (χ4v) is 0.805. The molecule has 0 aromatic heterocycles. The van der Waals surface area contributed by atoms with Gasteiger partial charge in [-0.25, -0.2) is 0 Å². The smallest absolute Gasteiger partial charge is 0.234 e. The van der Waals surface area contributed by atoms with Crippen LogP contribution < -0.4 is 11.1 Å². The number of aliphatic hydroxyl groups is 1. The SMILES string of the molecule is C.CC.COCC(NC(=O)CN)C(O)OC. The van der Waals surface area contributed by atoms with Gasteiger partial charge in [0.25, 0.3) is 0 Å². The van der Waals surface area contributed by atoms with Crippen molar-refractivity contribution < 1.29 is 19.4 Å². The average Bonchev–Trinajstić information content (AvgIpc) is 2.29. The Balaban J connectivity index is -0.000000529. The highest BCUT2D eigenvalue weighted by Gasteiger charge is 2.19. The molecule has 0 aromatic rings. The molecule has 100 valence electrons. The molecule has 1 amide bonds. The Morgan fingerprint density at radius 3 is 2.25 bits per heavy atom. The summed E-state index contributed by atoms with van der Waals surface area (Å²) in [7, 11) is 2.80. The Morgan fingerprint density at radius 2 is 1.94 bits per heavy atom. The van der Waals surface area contributed by atoms with Crippen molar-refractivity contribution in [3.05, 3.63) is 0 Å². The first-order valence-corrected chi connectivity index (χ1v) is 4.85. The van der Waals surface area contributed by atoms with Crippen LogP contribution in [0, 0.1) is 0 Å². The van der Waals surface area contributed by atoms with Crippen LogP contribution in [0.5, 0.6) is 0 Å². The van der Waals surface area contributed by atoms with E-state index in [4.69, 9.17) is 10.5 Å². The molecular formula is C10H26N2O4. The van der Waals surface area contributed by atoms with Crippen LogP contribution in [-0.4, -0.2) is 50.7 Å². The summed E-state index contributed by atoms with van der Waals surface area (Å²) in [5.74, 6) is -0.363. The molecule has 0 saturated carbocycles. The van der Waals surface area contributed by atoms with Crippen molar-refractivity contribution >= 4 is 5.91 Å². The molecule has 6 heteroatoms. The standard InChI is InChI=1S/C7H16N2O4.C2H6.CH4/c1-12-4-5(7(11)13-2)9-6(10)3-8;1-2;/h5,7,11H,3-4,8H2,1-2H3,(H,9,10);1-2H3;1H4. The van der Waals surface area contributed by atoms with Crippen molar-refractivity contribution in [2.75, 3.05) is 27.4 Å². The quantitative estimate of drug-likeness (QED) is 0.553. The van der Waals surface area contributed by atoms with Crippen LogP contribution in [0.3, 0.4) is 0 Å². The fourth-order valence-electron chi connectivity index (χ4n) is 0.805. The van der Waals surface area contributed by atoms with Gasteiger partial charge < -0.3 is 25.6 Å². The zero-order valence-electron chi connectivity index (χ0n) is 9.82. The Kier molecular flexibility index (Phi) is 18.5. The van der Waals surface area contributed by atoms with Crippen molar-refractivity contribution in [2.24, 2.45) is 5.73 Å². The first-order chi connectivity index (χ1) is 7.15. The molecule has 2 atom stereocenters. The number of carbonyl (C=O) groups excluding carboxylic acids is 1. The van der Waals surface area contributed by atoms with Crippen LogP contribution in [0.15, 0.2) is 0 Å². The number of methoxy groups -OCH3 is 2. The van der Waals surface area contributed by atoms with Gasteiger partial charge in [0.1, 0.15) is 6.04 Å². The van der Waals surface area contributed by atoms with E-state index in [1.54, 1.807) is 0 Å². The maximum absolute atomic E-state index is 10.9. The largest absolute Gasteiger partial charge is 0.382 e. The molecule has 0 heterocycles. The summed E-state index contributed by atoms with van der Waals surface area (Å²) >= 11 is 0. The molecule has 0 spiro atoms. The van der Waals surface area contributed by atoms with Gasteiger partial charge in [0, 0.05) is 14.2 Å². The normalized spacial score (nSPS) is 12.6. The zero-order valence-corrected chi connectivity index (χ0v) is 9.82. The molecule has 2 unspecified atom stereocenters. The minimum Gasteiger partial charge on any atom is -0.382 e. The van der Waals surface area contributed by atoms with Crippen LogP contribution in [0.4, 0.5) is 0 Å². The highest BCUT2D eigenvalue weighted by molar-refractivity contribution is 5.78. The van der Waals surface area contributed by atoms with E-state index >= 15 is 0 Å². The third-order valence-electron chi connectivity index (χ3n) is 1.46. The van der Waals surface area contributed by atoms with E-state index in [1.165, 1.54) is 14.2 Å². The van der Waals surface area contributed by atoms with Crippen molar-refractivity contribution in [1.29, 1.82) is 0 Å². The van der Waals surface area contributed by atoms with Crippen LogP contribution >= 0.6 is 0 Å². The van der Waals surface area contributed by atoms with Gasteiger partial charge in [0.15, 0.2) is 6.29 Å². The maximum Gasteiger partial charge on any atom is 0.234 e. The summed E-state index contributed by atoms with van der Waals surface area (Å²) in [5.41, 5.74) is 5.08. The number of hydrogen-bond donors (Lipinski definition) is 3. The number of nitrogens with one attached hydrogen (secondary N) is 1. The third kappa shape index (κ3) is 9.85. The molecule has 6 nitrogen and oxygen atoms in total. The number of rotatable bonds is 6. The predicted octanol–water partition coefficient (Wildman–Crippen LogP) is -0.297. The monoisotopic (exact) mass is 238 g/mol. The van der Waals surface area contributed by atoms with Crippen LogP contribution in [-0.2, 0) is 14.3 Å². The van der Waals surface area contributed by atoms with Gasteiger partial charge in [-0.15, -0.1) is 0 Å². The number of nitrogens with two attached hydrogens (primary N) is 1. The van der Waals surface area contributed by atoms with Gasteiger partial charge in [-0.3, -0.25) is 4.79 Å². The highest BCUT2D eigenvalue weighted by atomic mass is 16.6. The Morgan fingerprint density at radius 1 is 1.44 bits per heavy atom. The Bertz CT molecular complexity index is 156. The summed E-state index contributed by atoms with van der Waals surface area (Å²) in [6.45, 7) is 4.04. The van der Waals surface area contributed by atoms with Gasteiger partial charge >= 0.3 is 0 Å². The minimum atomic E-state index is -1.09. The van der Waals surface area contributed by atoms with E-state index in [0.29, 0.717) is 0 Å². The molecule has 16 heavy (non-hydrogen) atoms. The second-order valence-electron chi connectivity index (χ2n) is 2.46. The van der Waals surface area contributed by atoms with Crippen molar-refractivity contribution in [3.8, 4) is 0 Å². The van der Waals surface area contributed by atoms with Gasteiger partial charge in [0.05, 0.1) is 13.2 Å². The van der Waals surface area contributed by atoms with E-state index in [1.807, 2.05) is 13.8 Å². The lowest BCUT2D eigenvalue weighted by Gasteiger charge is -2.21. The van der Waals surface area contributed by atoms with Crippen molar-refractivity contribution in [3.63, 3.8) is 0 Å². The molecule has 0 aromatic carbocycles. The van der Waals surface area contributed by atoms with E-state index in [0.717, 1.165) is 0 Å². The Hall–Kier alpha value is -0.690. The molecule has 0 radical (unpaired) electrons. The fraction of sp³-hybridized carbons (Fsp3) is 0.900. The van der Waals surface area contributed by atoms with Gasteiger partial charge in [-0.05, 0) is 0 Å². The molecule has 0 aliphatic carbocycles. The molecule has 0 aliphatic heterocycles. The number of amides is 1. The van der Waals surface area contributed by atoms with Gasteiger partial charge in [-0.2, -0.15) is 0 Å². The summed E-state index contributed by atoms with van der Waals surface area (Å²) in [5, 5.41) is 11.7. The van der Waals surface area contributed by atoms with Gasteiger partial charge in [-0.1, -0.05) is 21.3 Å². The number of carbonyl (C=O) groups is 1.